The summed E-state index contributed by atoms with van der Waals surface area (Å²) in [5.74, 6) is 5.48. The Balaban J connectivity index is 2.85. The zero-order valence-corrected chi connectivity index (χ0v) is 11.0. The second-order valence-electron chi connectivity index (χ2n) is 3.86. The number of nitrogens with one attached hydrogen (secondary N) is 1. The molecular formula is C12H20N4S. The van der Waals surface area contributed by atoms with Gasteiger partial charge in [-0.3, -0.25) is 5.84 Å². The van der Waals surface area contributed by atoms with Gasteiger partial charge in [0.25, 0.3) is 0 Å². The standard InChI is InChI=1S/C12H20N4S/c1-2-3-6-9-16(12(13)17)11-8-5-4-7-10(11)15-14/h4-5,7-8,15H,2-3,6,9,14H2,1H3,(H2,13,17). The molecule has 0 spiro atoms. The molecule has 1 aromatic carbocycles. The lowest BCUT2D eigenvalue weighted by molar-refractivity contribution is 0.722. The highest BCUT2D eigenvalue weighted by atomic mass is 32.1. The van der Waals surface area contributed by atoms with Crippen molar-refractivity contribution >= 4 is 28.7 Å². The van der Waals surface area contributed by atoms with Gasteiger partial charge in [0.05, 0.1) is 11.4 Å². The molecule has 94 valence electrons. The molecule has 0 atom stereocenters. The summed E-state index contributed by atoms with van der Waals surface area (Å²) in [7, 11) is 0. The Morgan fingerprint density at radius 1 is 1.35 bits per heavy atom. The molecule has 0 fully saturated rings. The predicted molar refractivity (Wildman–Crippen MR) is 77.9 cm³/mol. The molecule has 0 bridgehead atoms. The second-order valence-corrected chi connectivity index (χ2v) is 4.28. The molecule has 0 aliphatic heterocycles. The molecule has 0 aliphatic carbocycles. The van der Waals surface area contributed by atoms with Crippen molar-refractivity contribution in [1.29, 1.82) is 0 Å². The Morgan fingerprint density at radius 3 is 2.65 bits per heavy atom. The van der Waals surface area contributed by atoms with E-state index in [0.29, 0.717) is 5.11 Å². The smallest absolute Gasteiger partial charge is 0.170 e. The van der Waals surface area contributed by atoms with Gasteiger partial charge in [0, 0.05) is 6.54 Å². The third-order valence-corrected chi connectivity index (χ3v) is 2.82. The molecule has 17 heavy (non-hydrogen) atoms. The average molecular weight is 252 g/mol. The number of nitrogen functional groups attached to an aromatic ring is 1. The van der Waals surface area contributed by atoms with Crippen LogP contribution in [0.15, 0.2) is 24.3 Å². The molecule has 0 radical (unpaired) electrons. The molecule has 0 aliphatic rings. The van der Waals surface area contributed by atoms with Gasteiger partial charge in [-0.1, -0.05) is 31.9 Å². The van der Waals surface area contributed by atoms with Crippen LogP contribution in [-0.4, -0.2) is 11.7 Å². The lowest BCUT2D eigenvalue weighted by atomic mass is 10.2. The first-order chi connectivity index (χ1) is 8.20. The number of anilines is 2. The van der Waals surface area contributed by atoms with E-state index in [4.69, 9.17) is 23.8 Å². The van der Waals surface area contributed by atoms with Gasteiger partial charge in [-0.05, 0) is 30.8 Å². The fourth-order valence-electron chi connectivity index (χ4n) is 1.70. The van der Waals surface area contributed by atoms with Gasteiger partial charge in [0.15, 0.2) is 5.11 Å². The van der Waals surface area contributed by atoms with Gasteiger partial charge >= 0.3 is 0 Å². The first kappa shape index (κ1) is 13.7. The first-order valence-corrected chi connectivity index (χ1v) is 6.24. The van der Waals surface area contributed by atoms with Gasteiger partial charge in [-0.15, -0.1) is 0 Å². The molecule has 1 rings (SSSR count). The molecule has 0 heterocycles. The summed E-state index contributed by atoms with van der Waals surface area (Å²) in [6.45, 7) is 2.99. The molecule has 0 unspecified atom stereocenters. The Bertz CT molecular complexity index is 367. The largest absolute Gasteiger partial charge is 0.376 e. The molecule has 0 aromatic heterocycles. The lowest BCUT2D eigenvalue weighted by Crippen LogP contribution is -2.37. The maximum Gasteiger partial charge on any atom is 0.170 e. The van der Waals surface area contributed by atoms with E-state index in [1.165, 1.54) is 6.42 Å². The van der Waals surface area contributed by atoms with Crippen LogP contribution in [0.4, 0.5) is 11.4 Å². The molecule has 0 amide bonds. The first-order valence-electron chi connectivity index (χ1n) is 5.83. The predicted octanol–water partition coefficient (Wildman–Crippen LogP) is 2.21. The van der Waals surface area contributed by atoms with Gasteiger partial charge in [-0.2, -0.15) is 0 Å². The fourth-order valence-corrected chi connectivity index (χ4v) is 1.89. The molecular weight excluding hydrogens is 232 g/mol. The zero-order chi connectivity index (χ0) is 12.7. The summed E-state index contributed by atoms with van der Waals surface area (Å²) >= 11 is 5.09. The number of thiocarbonyl (C=S) groups is 1. The topological polar surface area (TPSA) is 67.3 Å². The van der Waals surface area contributed by atoms with E-state index in [1.807, 2.05) is 29.2 Å². The summed E-state index contributed by atoms with van der Waals surface area (Å²) in [5.41, 5.74) is 10.2. The summed E-state index contributed by atoms with van der Waals surface area (Å²) in [6.07, 6.45) is 3.39. The minimum absolute atomic E-state index is 0.379. The van der Waals surface area contributed by atoms with Crippen LogP contribution >= 0.6 is 12.2 Å². The van der Waals surface area contributed by atoms with Crippen LogP contribution in [0.5, 0.6) is 0 Å². The number of rotatable bonds is 6. The van der Waals surface area contributed by atoms with Crippen LogP contribution in [-0.2, 0) is 0 Å². The molecule has 1 aromatic rings. The number of para-hydroxylation sites is 2. The molecule has 5 heteroatoms. The molecule has 4 nitrogen and oxygen atoms in total. The number of unbranched alkanes of at least 4 members (excludes halogenated alkanes) is 2. The maximum atomic E-state index is 5.76. The number of hydrogen-bond donors (Lipinski definition) is 3. The van der Waals surface area contributed by atoms with Crippen molar-refractivity contribution in [3.8, 4) is 0 Å². The van der Waals surface area contributed by atoms with Crippen LogP contribution < -0.4 is 21.9 Å². The zero-order valence-electron chi connectivity index (χ0n) is 10.1. The normalized spacial score (nSPS) is 10.0. The Kier molecular flexibility index (Phi) is 5.72. The molecule has 0 saturated heterocycles. The van der Waals surface area contributed by atoms with Crippen LogP contribution in [0.25, 0.3) is 0 Å². The number of hydrazine groups is 1. The van der Waals surface area contributed by atoms with Gasteiger partial charge in [0.1, 0.15) is 0 Å². The van der Waals surface area contributed by atoms with Gasteiger partial charge in [-0.25, -0.2) is 0 Å². The highest BCUT2D eigenvalue weighted by molar-refractivity contribution is 7.80. The highest BCUT2D eigenvalue weighted by Crippen LogP contribution is 2.24. The summed E-state index contributed by atoms with van der Waals surface area (Å²) in [6, 6.07) is 7.73. The monoisotopic (exact) mass is 252 g/mol. The summed E-state index contributed by atoms with van der Waals surface area (Å²) < 4.78 is 0. The Labute approximate surface area is 108 Å². The van der Waals surface area contributed by atoms with Crippen LogP contribution in [0, 0.1) is 0 Å². The van der Waals surface area contributed by atoms with E-state index < -0.39 is 0 Å². The van der Waals surface area contributed by atoms with Crippen molar-refractivity contribution in [3.05, 3.63) is 24.3 Å². The SMILES string of the molecule is CCCCCN(C(N)=S)c1ccccc1NN. The van der Waals surface area contributed by atoms with Crippen molar-refractivity contribution in [3.63, 3.8) is 0 Å². The van der Waals surface area contributed by atoms with Crippen molar-refractivity contribution in [2.24, 2.45) is 11.6 Å². The Morgan fingerprint density at radius 2 is 2.06 bits per heavy atom. The number of nitrogens with two attached hydrogens (primary N) is 2. The third-order valence-electron chi connectivity index (χ3n) is 2.60. The van der Waals surface area contributed by atoms with E-state index in [2.05, 4.69) is 12.3 Å². The van der Waals surface area contributed by atoms with Gasteiger partial charge < -0.3 is 16.1 Å². The summed E-state index contributed by atoms with van der Waals surface area (Å²) in [4.78, 5) is 1.92. The Hall–Kier alpha value is -1.33. The van der Waals surface area contributed by atoms with Crippen molar-refractivity contribution in [1.82, 2.24) is 0 Å². The maximum absolute atomic E-state index is 5.76. The summed E-state index contributed by atoms with van der Waals surface area (Å²) in [5, 5.41) is 0.379. The van der Waals surface area contributed by atoms with E-state index in [1.54, 1.807) is 0 Å². The quantitative estimate of drug-likeness (QED) is 0.313. The van der Waals surface area contributed by atoms with E-state index in [0.717, 1.165) is 30.8 Å². The van der Waals surface area contributed by atoms with Crippen molar-refractivity contribution in [2.45, 2.75) is 26.2 Å². The van der Waals surface area contributed by atoms with Crippen molar-refractivity contribution < 1.29 is 0 Å². The van der Waals surface area contributed by atoms with Gasteiger partial charge in [0.2, 0.25) is 0 Å². The number of hydrogen-bond acceptors (Lipinski definition) is 3. The second kappa shape index (κ2) is 7.09. The fraction of sp³-hybridized carbons (Fsp3) is 0.417. The number of benzene rings is 1. The van der Waals surface area contributed by atoms with E-state index in [9.17, 15) is 0 Å². The number of nitrogens with zero attached hydrogens (tertiary/aromatic N) is 1. The van der Waals surface area contributed by atoms with Crippen LogP contribution in [0.2, 0.25) is 0 Å². The van der Waals surface area contributed by atoms with Crippen LogP contribution in [0.3, 0.4) is 0 Å². The molecule has 5 N–H and O–H groups in total. The minimum Gasteiger partial charge on any atom is -0.376 e. The molecule has 0 saturated carbocycles. The highest BCUT2D eigenvalue weighted by Gasteiger charge is 2.12. The third kappa shape index (κ3) is 3.87. The lowest BCUT2D eigenvalue weighted by Gasteiger charge is -2.25. The average Bonchev–Trinajstić information content (AvgIpc) is 2.34. The van der Waals surface area contributed by atoms with Crippen molar-refractivity contribution in [2.75, 3.05) is 16.9 Å². The van der Waals surface area contributed by atoms with Crippen LogP contribution in [0.1, 0.15) is 26.2 Å². The van der Waals surface area contributed by atoms with E-state index >= 15 is 0 Å². The van der Waals surface area contributed by atoms with E-state index in [-0.39, 0.29) is 0 Å². The minimum atomic E-state index is 0.379.